The number of hydrogen-bond donors (Lipinski definition) is 2. The van der Waals surface area contributed by atoms with Gasteiger partial charge in [-0.25, -0.2) is 0 Å². The number of hydrogen-bond acceptors (Lipinski definition) is 2. The van der Waals surface area contributed by atoms with E-state index in [1.165, 1.54) is 24.8 Å². The lowest BCUT2D eigenvalue weighted by atomic mass is 9.68. The molecule has 0 bridgehead atoms. The van der Waals surface area contributed by atoms with Gasteiger partial charge in [-0.05, 0) is 49.5 Å². The zero-order chi connectivity index (χ0) is 17.6. The van der Waals surface area contributed by atoms with Crippen molar-refractivity contribution >= 4 is 6.08 Å². The summed E-state index contributed by atoms with van der Waals surface area (Å²) in [6.07, 6.45) is 11.2. The van der Waals surface area contributed by atoms with Gasteiger partial charge in [-0.2, -0.15) is 0 Å². The predicted molar refractivity (Wildman–Crippen MR) is 104 cm³/mol. The molecule has 0 radical (unpaired) electrons. The van der Waals surface area contributed by atoms with Crippen molar-refractivity contribution in [3.05, 3.63) is 42.0 Å². The van der Waals surface area contributed by atoms with E-state index in [1.807, 2.05) is 13.0 Å². The van der Waals surface area contributed by atoms with Crippen molar-refractivity contribution in [1.29, 1.82) is 0 Å². The molecule has 1 aliphatic carbocycles. The van der Waals surface area contributed by atoms with Gasteiger partial charge in [-0.15, -0.1) is 0 Å². The largest absolute Gasteiger partial charge is 0.388 e. The van der Waals surface area contributed by atoms with Crippen LogP contribution in [0.5, 0.6) is 0 Å². The van der Waals surface area contributed by atoms with Crippen molar-refractivity contribution in [3.8, 4) is 0 Å². The van der Waals surface area contributed by atoms with E-state index in [-0.39, 0.29) is 6.04 Å². The Labute approximate surface area is 148 Å². The molecule has 1 saturated carbocycles. The Bertz CT molecular complexity index is 502. The second-order valence-electron chi connectivity index (χ2n) is 8.00. The summed E-state index contributed by atoms with van der Waals surface area (Å²) in [7, 11) is 0. The van der Waals surface area contributed by atoms with Gasteiger partial charge in [0.05, 0.1) is 5.60 Å². The Morgan fingerprint density at radius 2 is 1.75 bits per heavy atom. The quantitative estimate of drug-likeness (QED) is 0.737. The standard InChI is InChI=1S/C22H35NO/c1-17(2)20(15-14-19-10-6-4-7-11-19)16-22(24,18(3)23)21-12-8-5-9-13-21/h4,6-7,10-11,14-15,17-18,20-21,24H,5,8-9,12-13,16,23H2,1-3H3/b15-14+/t18-,20-,22+/m0/s1. The summed E-state index contributed by atoms with van der Waals surface area (Å²) in [4.78, 5) is 0. The van der Waals surface area contributed by atoms with Gasteiger partial charge in [0, 0.05) is 6.04 Å². The van der Waals surface area contributed by atoms with Gasteiger partial charge in [0.25, 0.3) is 0 Å². The van der Waals surface area contributed by atoms with Crippen LogP contribution >= 0.6 is 0 Å². The average Bonchev–Trinajstić information content (AvgIpc) is 2.59. The van der Waals surface area contributed by atoms with Crippen molar-refractivity contribution in [3.63, 3.8) is 0 Å². The number of rotatable bonds is 7. The molecular weight excluding hydrogens is 294 g/mol. The Balaban J connectivity index is 2.15. The molecule has 0 aliphatic heterocycles. The SMILES string of the molecule is CC(C)[C@@H](/C=C/c1ccccc1)C[C@](O)(C1CCCCC1)[C@H](C)N. The molecule has 1 aliphatic rings. The van der Waals surface area contributed by atoms with Gasteiger partial charge >= 0.3 is 0 Å². The number of nitrogens with two attached hydrogens (primary N) is 1. The van der Waals surface area contributed by atoms with Gasteiger partial charge in [0.1, 0.15) is 0 Å². The molecule has 24 heavy (non-hydrogen) atoms. The van der Waals surface area contributed by atoms with E-state index in [0.717, 1.165) is 19.3 Å². The monoisotopic (exact) mass is 329 g/mol. The first kappa shape index (κ1) is 19.2. The minimum absolute atomic E-state index is 0.188. The van der Waals surface area contributed by atoms with Crippen molar-refractivity contribution < 1.29 is 5.11 Å². The van der Waals surface area contributed by atoms with Crippen LogP contribution in [-0.4, -0.2) is 16.7 Å². The minimum Gasteiger partial charge on any atom is -0.388 e. The van der Waals surface area contributed by atoms with Crippen LogP contribution in [0.1, 0.15) is 64.9 Å². The molecule has 2 nitrogen and oxygen atoms in total. The highest BCUT2D eigenvalue weighted by atomic mass is 16.3. The first-order valence-electron chi connectivity index (χ1n) is 9.64. The lowest BCUT2D eigenvalue weighted by Crippen LogP contribution is -2.53. The fourth-order valence-corrected chi connectivity index (χ4v) is 4.03. The zero-order valence-electron chi connectivity index (χ0n) is 15.6. The summed E-state index contributed by atoms with van der Waals surface area (Å²) in [5.41, 5.74) is 6.74. The van der Waals surface area contributed by atoms with E-state index in [0.29, 0.717) is 17.8 Å². The summed E-state index contributed by atoms with van der Waals surface area (Å²) in [6.45, 7) is 6.46. The van der Waals surface area contributed by atoms with Gasteiger partial charge in [-0.1, -0.05) is 75.6 Å². The number of benzene rings is 1. The van der Waals surface area contributed by atoms with Crippen LogP contribution in [0.2, 0.25) is 0 Å². The van der Waals surface area contributed by atoms with Crippen LogP contribution in [-0.2, 0) is 0 Å². The highest BCUT2D eigenvalue weighted by molar-refractivity contribution is 5.49. The summed E-state index contributed by atoms with van der Waals surface area (Å²) >= 11 is 0. The van der Waals surface area contributed by atoms with E-state index in [2.05, 4.69) is 50.3 Å². The predicted octanol–water partition coefficient (Wildman–Crippen LogP) is 5.02. The van der Waals surface area contributed by atoms with Crippen LogP contribution in [0.25, 0.3) is 6.08 Å². The zero-order valence-corrected chi connectivity index (χ0v) is 15.6. The first-order valence-corrected chi connectivity index (χ1v) is 9.64. The summed E-state index contributed by atoms with van der Waals surface area (Å²) in [5.74, 6) is 1.17. The molecule has 3 atom stereocenters. The van der Waals surface area contributed by atoms with Crippen LogP contribution in [0, 0.1) is 17.8 Å². The lowest BCUT2D eigenvalue weighted by molar-refractivity contribution is -0.0671. The Morgan fingerprint density at radius 1 is 1.12 bits per heavy atom. The Kier molecular flexibility index (Phi) is 7.06. The molecule has 0 spiro atoms. The minimum atomic E-state index is -0.754. The van der Waals surface area contributed by atoms with E-state index in [1.54, 1.807) is 0 Å². The molecule has 0 heterocycles. The molecule has 134 valence electrons. The van der Waals surface area contributed by atoms with Gasteiger partial charge < -0.3 is 10.8 Å². The van der Waals surface area contributed by atoms with Gasteiger partial charge in [0.2, 0.25) is 0 Å². The van der Waals surface area contributed by atoms with Crippen LogP contribution in [0.3, 0.4) is 0 Å². The smallest absolute Gasteiger partial charge is 0.0828 e. The summed E-state index contributed by atoms with van der Waals surface area (Å²) in [5, 5.41) is 11.5. The molecule has 2 heteroatoms. The van der Waals surface area contributed by atoms with Crippen molar-refractivity contribution in [1.82, 2.24) is 0 Å². The topological polar surface area (TPSA) is 46.2 Å². The van der Waals surface area contributed by atoms with E-state index in [4.69, 9.17) is 5.73 Å². The second-order valence-corrected chi connectivity index (χ2v) is 8.00. The summed E-state index contributed by atoms with van der Waals surface area (Å²) in [6, 6.07) is 10.2. The third-order valence-electron chi connectivity index (χ3n) is 5.86. The van der Waals surface area contributed by atoms with E-state index >= 15 is 0 Å². The Hall–Kier alpha value is -1.12. The Morgan fingerprint density at radius 3 is 2.29 bits per heavy atom. The van der Waals surface area contributed by atoms with Crippen molar-refractivity contribution in [2.45, 2.75) is 70.9 Å². The highest BCUT2D eigenvalue weighted by Crippen LogP contribution is 2.40. The molecule has 0 unspecified atom stereocenters. The van der Waals surface area contributed by atoms with Crippen LogP contribution in [0.4, 0.5) is 0 Å². The highest BCUT2D eigenvalue weighted by Gasteiger charge is 2.42. The molecule has 0 saturated heterocycles. The van der Waals surface area contributed by atoms with Gasteiger partial charge in [0.15, 0.2) is 0 Å². The summed E-state index contributed by atoms with van der Waals surface area (Å²) < 4.78 is 0. The first-order chi connectivity index (χ1) is 11.4. The molecule has 0 aromatic heterocycles. The molecule has 1 aromatic rings. The van der Waals surface area contributed by atoms with Crippen LogP contribution < -0.4 is 5.73 Å². The van der Waals surface area contributed by atoms with Gasteiger partial charge in [-0.3, -0.25) is 0 Å². The third kappa shape index (κ3) is 4.94. The third-order valence-corrected chi connectivity index (χ3v) is 5.86. The molecule has 1 fully saturated rings. The maximum absolute atomic E-state index is 11.5. The number of allylic oxidation sites excluding steroid dienone is 1. The van der Waals surface area contributed by atoms with E-state index in [9.17, 15) is 5.11 Å². The normalized spacial score (nSPS) is 21.8. The maximum atomic E-state index is 11.5. The average molecular weight is 330 g/mol. The lowest BCUT2D eigenvalue weighted by Gasteiger charge is -2.43. The molecular formula is C22H35NO. The molecule has 1 aromatic carbocycles. The molecule has 3 N–H and O–H groups in total. The maximum Gasteiger partial charge on any atom is 0.0828 e. The van der Waals surface area contributed by atoms with Crippen molar-refractivity contribution in [2.24, 2.45) is 23.5 Å². The second kappa shape index (κ2) is 8.82. The van der Waals surface area contributed by atoms with Crippen molar-refractivity contribution in [2.75, 3.05) is 0 Å². The fourth-order valence-electron chi connectivity index (χ4n) is 4.03. The van der Waals surface area contributed by atoms with Crippen LogP contribution in [0.15, 0.2) is 36.4 Å². The molecule has 0 amide bonds. The fraction of sp³-hybridized carbons (Fsp3) is 0.636. The molecule has 2 rings (SSSR count). The van der Waals surface area contributed by atoms with E-state index < -0.39 is 5.60 Å². The number of aliphatic hydroxyl groups is 1.